The predicted molar refractivity (Wildman–Crippen MR) is 121 cm³/mol. The first-order valence-electron chi connectivity index (χ1n) is 9.00. The fourth-order valence-electron chi connectivity index (χ4n) is 2.58. The summed E-state index contributed by atoms with van der Waals surface area (Å²) in [6.07, 6.45) is 0.818. The third kappa shape index (κ3) is 7.10. The minimum atomic E-state index is -3.69. The summed E-state index contributed by atoms with van der Waals surface area (Å²) in [5, 5.41) is 10.6. The molecule has 10 heteroatoms. The van der Waals surface area contributed by atoms with Gasteiger partial charge in [-0.05, 0) is 41.8 Å². The number of rotatable bonds is 9. The summed E-state index contributed by atoms with van der Waals surface area (Å²) in [5.74, 6) is 0.691. The summed E-state index contributed by atoms with van der Waals surface area (Å²) in [6, 6.07) is 14.0. The minimum Gasteiger partial charge on any atom is -0.355 e. The van der Waals surface area contributed by atoms with Crippen LogP contribution in [-0.2, 0) is 33.4 Å². The number of nitrogens with two attached hydrogens (primary N) is 1. The van der Waals surface area contributed by atoms with Gasteiger partial charge in [0.1, 0.15) is 4.34 Å². The number of nitrogens with one attached hydrogen (secondary N) is 1. The molecule has 0 radical (unpaired) electrons. The van der Waals surface area contributed by atoms with Crippen molar-refractivity contribution in [3.05, 3.63) is 75.8 Å². The molecule has 1 amide bonds. The van der Waals surface area contributed by atoms with Gasteiger partial charge < -0.3 is 5.32 Å². The molecule has 2 aromatic carbocycles. The molecule has 0 aliphatic rings. The quantitative estimate of drug-likeness (QED) is 0.454. The lowest BCUT2D eigenvalue weighted by Crippen LogP contribution is -2.27. The number of thioether (sulfide) groups is 1. The average Bonchev–Trinajstić information content (AvgIpc) is 3.14. The van der Waals surface area contributed by atoms with Crippen LogP contribution in [0.5, 0.6) is 0 Å². The van der Waals surface area contributed by atoms with Gasteiger partial charge in [-0.25, -0.2) is 18.5 Å². The molecule has 158 valence electrons. The van der Waals surface area contributed by atoms with Gasteiger partial charge in [0.2, 0.25) is 15.9 Å². The largest absolute Gasteiger partial charge is 0.355 e. The van der Waals surface area contributed by atoms with Gasteiger partial charge >= 0.3 is 0 Å². The standard InChI is InChI=1S/C20H20ClN3O3S3/c21-16-5-1-15(2-6-16)12-28-20-24-17(13-29-20)11-19(25)23-10-9-14-3-7-18(8-4-14)30(22,26)27/h1-8,13H,9-12H2,(H,23,25)(H2,22,26,27). The van der Waals surface area contributed by atoms with E-state index < -0.39 is 10.0 Å². The highest BCUT2D eigenvalue weighted by atomic mass is 35.5. The maximum Gasteiger partial charge on any atom is 0.238 e. The molecule has 1 aromatic heterocycles. The van der Waals surface area contributed by atoms with E-state index in [0.717, 1.165) is 26.9 Å². The monoisotopic (exact) mass is 481 g/mol. The van der Waals surface area contributed by atoms with Crippen LogP contribution in [0.15, 0.2) is 63.1 Å². The van der Waals surface area contributed by atoms with Crippen molar-refractivity contribution in [3.63, 3.8) is 0 Å². The SMILES string of the molecule is NS(=O)(=O)c1ccc(CCNC(=O)Cc2csc(SCc3ccc(Cl)cc3)n2)cc1. The van der Waals surface area contributed by atoms with E-state index in [1.807, 2.05) is 29.6 Å². The highest BCUT2D eigenvalue weighted by molar-refractivity contribution is 8.00. The Balaban J connectivity index is 1.41. The van der Waals surface area contributed by atoms with E-state index in [4.69, 9.17) is 16.7 Å². The smallest absolute Gasteiger partial charge is 0.238 e. The number of carbonyl (C=O) groups is 1. The number of halogens is 1. The Kier molecular flexibility index (Phi) is 7.90. The number of aromatic nitrogens is 1. The first kappa shape index (κ1) is 22.8. The molecule has 30 heavy (non-hydrogen) atoms. The van der Waals surface area contributed by atoms with Crippen molar-refractivity contribution in [2.24, 2.45) is 5.14 Å². The zero-order valence-electron chi connectivity index (χ0n) is 15.9. The first-order chi connectivity index (χ1) is 14.3. The van der Waals surface area contributed by atoms with Gasteiger partial charge in [-0.1, -0.05) is 47.6 Å². The zero-order valence-corrected chi connectivity index (χ0v) is 19.1. The van der Waals surface area contributed by atoms with Gasteiger partial charge in [-0.2, -0.15) is 0 Å². The van der Waals surface area contributed by atoms with E-state index in [-0.39, 0.29) is 17.2 Å². The van der Waals surface area contributed by atoms with Crippen molar-refractivity contribution in [1.29, 1.82) is 0 Å². The van der Waals surface area contributed by atoms with E-state index in [2.05, 4.69) is 10.3 Å². The van der Waals surface area contributed by atoms with E-state index in [1.165, 1.54) is 23.5 Å². The number of amides is 1. The Labute approximate surface area is 188 Å². The highest BCUT2D eigenvalue weighted by Crippen LogP contribution is 2.26. The number of nitrogens with zero attached hydrogens (tertiary/aromatic N) is 1. The van der Waals surface area contributed by atoms with Crippen LogP contribution in [0.1, 0.15) is 16.8 Å². The molecule has 0 saturated heterocycles. The molecule has 0 atom stereocenters. The minimum absolute atomic E-state index is 0.0727. The van der Waals surface area contributed by atoms with Crippen LogP contribution in [0, 0.1) is 0 Å². The lowest BCUT2D eigenvalue weighted by molar-refractivity contribution is -0.120. The summed E-state index contributed by atoms with van der Waals surface area (Å²) in [7, 11) is -3.69. The summed E-state index contributed by atoms with van der Waals surface area (Å²) >= 11 is 9.04. The van der Waals surface area contributed by atoms with Crippen molar-refractivity contribution in [3.8, 4) is 0 Å². The second kappa shape index (κ2) is 10.4. The molecular formula is C20H20ClN3O3S3. The molecule has 3 N–H and O–H groups in total. The molecular weight excluding hydrogens is 462 g/mol. The van der Waals surface area contributed by atoms with Gasteiger partial charge in [0.05, 0.1) is 17.0 Å². The summed E-state index contributed by atoms with van der Waals surface area (Å²) < 4.78 is 23.4. The highest BCUT2D eigenvalue weighted by Gasteiger charge is 2.09. The molecule has 6 nitrogen and oxygen atoms in total. The number of hydrogen-bond donors (Lipinski definition) is 2. The summed E-state index contributed by atoms with van der Waals surface area (Å²) in [5.41, 5.74) is 2.82. The summed E-state index contributed by atoms with van der Waals surface area (Å²) in [4.78, 5) is 16.7. The normalized spacial score (nSPS) is 11.4. The Morgan fingerprint density at radius 3 is 2.43 bits per heavy atom. The topological polar surface area (TPSA) is 102 Å². The molecule has 1 heterocycles. The van der Waals surface area contributed by atoms with Crippen molar-refractivity contribution in [2.75, 3.05) is 6.54 Å². The fraction of sp³-hybridized carbons (Fsp3) is 0.200. The lowest BCUT2D eigenvalue weighted by Gasteiger charge is -2.05. The lowest BCUT2D eigenvalue weighted by atomic mass is 10.1. The van der Waals surface area contributed by atoms with Gasteiger partial charge in [0, 0.05) is 22.7 Å². The summed E-state index contributed by atoms with van der Waals surface area (Å²) in [6.45, 7) is 0.454. The molecule has 0 aliphatic heterocycles. The maximum absolute atomic E-state index is 12.1. The predicted octanol–water partition coefficient (Wildman–Crippen LogP) is 3.64. The second-order valence-corrected chi connectivity index (χ2v) is 10.6. The van der Waals surface area contributed by atoms with E-state index in [9.17, 15) is 13.2 Å². The first-order valence-corrected chi connectivity index (χ1v) is 12.8. The zero-order chi connectivity index (χ0) is 21.6. The third-order valence-electron chi connectivity index (χ3n) is 4.14. The Morgan fingerprint density at radius 1 is 1.10 bits per heavy atom. The molecule has 3 rings (SSSR count). The number of thiazole rings is 1. The number of primary sulfonamides is 1. The Bertz CT molecular complexity index is 1100. The van der Waals surface area contributed by atoms with Crippen molar-refractivity contribution in [1.82, 2.24) is 10.3 Å². The Morgan fingerprint density at radius 2 is 1.77 bits per heavy atom. The molecule has 0 bridgehead atoms. The van der Waals surface area contributed by atoms with E-state index in [0.29, 0.717) is 18.0 Å². The van der Waals surface area contributed by atoms with Crippen LogP contribution in [0.3, 0.4) is 0 Å². The van der Waals surface area contributed by atoms with E-state index in [1.54, 1.807) is 23.9 Å². The van der Waals surface area contributed by atoms with E-state index >= 15 is 0 Å². The molecule has 0 aliphatic carbocycles. The molecule has 0 spiro atoms. The average molecular weight is 482 g/mol. The Hall–Kier alpha value is -1.91. The molecule has 0 fully saturated rings. The van der Waals surface area contributed by atoms with Gasteiger partial charge in [-0.15, -0.1) is 11.3 Å². The van der Waals surface area contributed by atoms with Crippen LogP contribution in [0.25, 0.3) is 0 Å². The number of hydrogen-bond acceptors (Lipinski definition) is 6. The molecule has 0 saturated carbocycles. The van der Waals surface area contributed by atoms with Crippen molar-refractivity contribution in [2.45, 2.75) is 27.8 Å². The molecule has 0 unspecified atom stereocenters. The van der Waals surface area contributed by atoms with Crippen LogP contribution in [0.4, 0.5) is 0 Å². The van der Waals surface area contributed by atoms with Crippen LogP contribution >= 0.6 is 34.7 Å². The second-order valence-electron chi connectivity index (χ2n) is 6.49. The number of carbonyl (C=O) groups excluding carboxylic acids is 1. The van der Waals surface area contributed by atoms with Crippen molar-refractivity contribution < 1.29 is 13.2 Å². The van der Waals surface area contributed by atoms with Crippen LogP contribution in [0.2, 0.25) is 5.02 Å². The van der Waals surface area contributed by atoms with Crippen LogP contribution in [-0.4, -0.2) is 25.9 Å². The van der Waals surface area contributed by atoms with Gasteiger partial charge in [0.25, 0.3) is 0 Å². The van der Waals surface area contributed by atoms with Crippen molar-refractivity contribution >= 4 is 50.6 Å². The van der Waals surface area contributed by atoms with Crippen LogP contribution < -0.4 is 10.5 Å². The number of sulfonamides is 1. The maximum atomic E-state index is 12.1. The molecule has 3 aromatic rings. The fourth-order valence-corrected chi connectivity index (χ4v) is 5.02. The van der Waals surface area contributed by atoms with Gasteiger partial charge in [-0.3, -0.25) is 4.79 Å². The van der Waals surface area contributed by atoms with Gasteiger partial charge in [0.15, 0.2) is 0 Å². The number of benzene rings is 2. The third-order valence-corrected chi connectivity index (χ3v) is 7.46.